The fourth-order valence-electron chi connectivity index (χ4n) is 2.69. The minimum atomic E-state index is -0.396. The smallest absolute Gasteiger partial charge is 0.0942 e. The molecule has 0 aromatic heterocycles. The molecule has 0 aliphatic carbocycles. The van der Waals surface area contributed by atoms with E-state index in [9.17, 15) is 5.11 Å². The Kier molecular flexibility index (Phi) is 4.38. The van der Waals surface area contributed by atoms with Gasteiger partial charge in [0.25, 0.3) is 0 Å². The number of aliphatic hydroxyl groups is 1. The molecule has 1 heterocycles. The zero-order valence-corrected chi connectivity index (χ0v) is 11.6. The van der Waals surface area contributed by atoms with Crippen molar-refractivity contribution in [2.24, 2.45) is 0 Å². The Morgan fingerprint density at radius 3 is 2.50 bits per heavy atom. The zero-order valence-electron chi connectivity index (χ0n) is 11.6. The summed E-state index contributed by atoms with van der Waals surface area (Å²) < 4.78 is 0. The van der Waals surface area contributed by atoms with Crippen molar-refractivity contribution in [2.45, 2.75) is 31.5 Å². The Hall–Kier alpha value is -0.900. The minimum absolute atomic E-state index is 0.178. The normalized spacial score (nSPS) is 24.4. The van der Waals surface area contributed by atoms with Crippen molar-refractivity contribution >= 4 is 0 Å². The van der Waals surface area contributed by atoms with Gasteiger partial charge in [0.15, 0.2) is 0 Å². The third-order valence-electron chi connectivity index (χ3n) is 4.10. The zero-order chi connectivity index (χ0) is 13.1. The highest BCUT2D eigenvalue weighted by Gasteiger charge is 2.30. The molecular weight excluding hydrogens is 224 g/mol. The summed E-state index contributed by atoms with van der Waals surface area (Å²) >= 11 is 0. The number of hydrogen-bond donors (Lipinski definition) is 1. The minimum Gasteiger partial charge on any atom is -0.387 e. The fourth-order valence-corrected chi connectivity index (χ4v) is 2.69. The van der Waals surface area contributed by atoms with Gasteiger partial charge in [0.2, 0.25) is 0 Å². The molecule has 1 aliphatic heterocycles. The van der Waals surface area contributed by atoms with Crippen molar-refractivity contribution in [3.8, 4) is 0 Å². The van der Waals surface area contributed by atoms with E-state index >= 15 is 0 Å². The van der Waals surface area contributed by atoms with Gasteiger partial charge in [-0.25, -0.2) is 0 Å². The van der Waals surface area contributed by atoms with E-state index in [0.717, 1.165) is 18.7 Å². The van der Waals surface area contributed by atoms with Gasteiger partial charge in [-0.05, 0) is 33.0 Å². The first kappa shape index (κ1) is 13.5. The molecule has 3 nitrogen and oxygen atoms in total. The van der Waals surface area contributed by atoms with E-state index in [1.165, 1.54) is 6.42 Å². The van der Waals surface area contributed by atoms with E-state index in [0.29, 0.717) is 6.04 Å². The maximum atomic E-state index is 10.4. The molecule has 3 heteroatoms. The van der Waals surface area contributed by atoms with Crippen LogP contribution < -0.4 is 0 Å². The number of aliphatic hydroxyl groups excluding tert-OH is 1. The molecule has 1 aromatic rings. The maximum Gasteiger partial charge on any atom is 0.0942 e. The van der Waals surface area contributed by atoms with E-state index in [1.54, 1.807) is 0 Å². The van der Waals surface area contributed by atoms with Crippen LogP contribution in [0.15, 0.2) is 30.3 Å². The summed E-state index contributed by atoms with van der Waals surface area (Å²) in [7, 11) is 4.26. The van der Waals surface area contributed by atoms with Crippen LogP contribution in [-0.4, -0.2) is 54.2 Å². The van der Waals surface area contributed by atoms with Crippen LogP contribution in [0.2, 0.25) is 0 Å². The molecule has 1 N–H and O–H groups in total. The molecule has 3 unspecified atom stereocenters. The van der Waals surface area contributed by atoms with Gasteiger partial charge in [0.05, 0.1) is 6.10 Å². The van der Waals surface area contributed by atoms with Crippen molar-refractivity contribution < 1.29 is 5.11 Å². The van der Waals surface area contributed by atoms with Crippen molar-refractivity contribution in [3.63, 3.8) is 0 Å². The number of hydrogen-bond acceptors (Lipinski definition) is 3. The van der Waals surface area contributed by atoms with Crippen LogP contribution in [0.3, 0.4) is 0 Å². The van der Waals surface area contributed by atoms with E-state index in [4.69, 9.17) is 0 Å². The summed E-state index contributed by atoms with van der Waals surface area (Å²) in [5.74, 6) is 0. The van der Waals surface area contributed by atoms with Crippen molar-refractivity contribution in [3.05, 3.63) is 35.9 Å². The summed E-state index contributed by atoms with van der Waals surface area (Å²) in [6, 6.07) is 10.8. The first-order valence-corrected chi connectivity index (χ1v) is 6.73. The Balaban J connectivity index is 1.98. The lowest BCUT2D eigenvalue weighted by Crippen LogP contribution is -2.38. The van der Waals surface area contributed by atoms with Gasteiger partial charge in [-0.1, -0.05) is 30.3 Å². The monoisotopic (exact) mass is 248 g/mol. The summed E-state index contributed by atoms with van der Waals surface area (Å²) in [4.78, 5) is 4.67. The van der Waals surface area contributed by atoms with E-state index in [1.807, 2.05) is 30.3 Å². The molecule has 0 spiro atoms. The van der Waals surface area contributed by atoms with Crippen LogP contribution in [0.1, 0.15) is 25.0 Å². The van der Waals surface area contributed by atoms with Gasteiger partial charge in [0.1, 0.15) is 0 Å². The first-order valence-electron chi connectivity index (χ1n) is 6.73. The molecule has 1 aliphatic rings. The van der Waals surface area contributed by atoms with Gasteiger partial charge < -0.3 is 10.0 Å². The Morgan fingerprint density at radius 1 is 1.28 bits per heavy atom. The van der Waals surface area contributed by atoms with Gasteiger partial charge in [-0.15, -0.1) is 0 Å². The fraction of sp³-hybridized carbons (Fsp3) is 0.600. The maximum absolute atomic E-state index is 10.4. The SMILES string of the molecule is CC(C(O)c1ccccc1)N1CCC(N(C)C)C1. The second-order valence-corrected chi connectivity index (χ2v) is 5.50. The third-order valence-corrected chi connectivity index (χ3v) is 4.10. The first-order chi connectivity index (χ1) is 8.59. The third kappa shape index (κ3) is 2.91. The Morgan fingerprint density at radius 2 is 1.94 bits per heavy atom. The molecule has 0 amide bonds. The predicted octanol–water partition coefficient (Wildman–Crippen LogP) is 1.74. The van der Waals surface area contributed by atoms with Gasteiger partial charge in [-0.2, -0.15) is 0 Å². The second kappa shape index (κ2) is 5.83. The van der Waals surface area contributed by atoms with Crippen LogP contribution in [0.4, 0.5) is 0 Å². The lowest BCUT2D eigenvalue weighted by Gasteiger charge is -2.29. The molecule has 0 saturated carbocycles. The van der Waals surface area contributed by atoms with Gasteiger partial charge in [-0.3, -0.25) is 4.90 Å². The molecular formula is C15H24N2O. The van der Waals surface area contributed by atoms with Gasteiger partial charge >= 0.3 is 0 Å². The molecule has 2 rings (SSSR count). The van der Waals surface area contributed by atoms with Crippen LogP contribution >= 0.6 is 0 Å². The van der Waals surface area contributed by atoms with E-state index in [2.05, 4.69) is 30.8 Å². The molecule has 1 fully saturated rings. The number of rotatable bonds is 4. The van der Waals surface area contributed by atoms with Crippen LogP contribution in [-0.2, 0) is 0 Å². The summed E-state index contributed by atoms with van der Waals surface area (Å²) in [6.07, 6.45) is 0.797. The highest BCUT2D eigenvalue weighted by molar-refractivity contribution is 5.18. The van der Waals surface area contributed by atoms with Crippen LogP contribution in [0.25, 0.3) is 0 Å². The average molecular weight is 248 g/mol. The number of likely N-dealkylation sites (tertiary alicyclic amines) is 1. The van der Waals surface area contributed by atoms with Crippen molar-refractivity contribution in [1.29, 1.82) is 0 Å². The number of benzene rings is 1. The van der Waals surface area contributed by atoms with Crippen LogP contribution in [0, 0.1) is 0 Å². The quantitative estimate of drug-likeness (QED) is 0.879. The van der Waals surface area contributed by atoms with E-state index in [-0.39, 0.29) is 6.04 Å². The Labute approximate surface area is 110 Å². The Bertz CT molecular complexity index is 366. The molecule has 100 valence electrons. The highest BCUT2D eigenvalue weighted by Crippen LogP contribution is 2.24. The number of likely N-dealkylation sites (N-methyl/N-ethyl adjacent to an activating group) is 1. The second-order valence-electron chi connectivity index (χ2n) is 5.50. The predicted molar refractivity (Wildman–Crippen MR) is 74.5 cm³/mol. The molecule has 18 heavy (non-hydrogen) atoms. The molecule has 0 radical (unpaired) electrons. The van der Waals surface area contributed by atoms with Crippen molar-refractivity contribution in [1.82, 2.24) is 9.80 Å². The summed E-state index contributed by atoms with van der Waals surface area (Å²) in [5, 5.41) is 10.4. The lowest BCUT2D eigenvalue weighted by molar-refractivity contribution is 0.0680. The molecule has 3 atom stereocenters. The summed E-state index contributed by atoms with van der Waals surface area (Å²) in [6.45, 7) is 4.25. The topological polar surface area (TPSA) is 26.7 Å². The highest BCUT2D eigenvalue weighted by atomic mass is 16.3. The van der Waals surface area contributed by atoms with Crippen LogP contribution in [0.5, 0.6) is 0 Å². The molecule has 0 bridgehead atoms. The number of nitrogens with zero attached hydrogens (tertiary/aromatic N) is 2. The van der Waals surface area contributed by atoms with Crippen molar-refractivity contribution in [2.75, 3.05) is 27.2 Å². The van der Waals surface area contributed by atoms with Gasteiger partial charge in [0, 0.05) is 25.2 Å². The summed E-state index contributed by atoms with van der Waals surface area (Å²) in [5.41, 5.74) is 1.01. The lowest BCUT2D eigenvalue weighted by atomic mass is 10.0. The average Bonchev–Trinajstić information content (AvgIpc) is 2.88. The molecule has 1 aromatic carbocycles. The largest absolute Gasteiger partial charge is 0.387 e. The standard InChI is InChI=1S/C15H24N2O/c1-12(15(18)13-7-5-4-6-8-13)17-10-9-14(11-17)16(2)3/h4-8,12,14-15,18H,9-11H2,1-3H3. The van der Waals surface area contributed by atoms with E-state index < -0.39 is 6.10 Å². The molecule has 1 saturated heterocycles.